The zero-order valence-corrected chi connectivity index (χ0v) is 8.57. The summed E-state index contributed by atoms with van der Waals surface area (Å²) in [4.78, 5) is 11.2. The number of aliphatic hydroxyl groups excluding tert-OH is 1. The molecule has 0 aliphatic heterocycles. The molecule has 1 N–H and O–H groups in total. The van der Waals surface area contributed by atoms with E-state index in [1.54, 1.807) is 25.1 Å². The topological polar surface area (TPSA) is 46.5 Å². The highest BCUT2D eigenvalue weighted by molar-refractivity contribution is 5.90. The first-order chi connectivity index (χ1) is 6.56. The van der Waals surface area contributed by atoms with Crippen molar-refractivity contribution >= 4 is 5.97 Å². The summed E-state index contributed by atoms with van der Waals surface area (Å²) in [6, 6.07) is 5.18. The number of hydrogen-bond acceptors (Lipinski definition) is 3. The molecule has 0 fully saturated rings. The fraction of sp³-hybridized carbons (Fsp3) is 0.364. The van der Waals surface area contributed by atoms with E-state index in [2.05, 4.69) is 4.74 Å². The second-order valence-electron chi connectivity index (χ2n) is 3.24. The van der Waals surface area contributed by atoms with Crippen LogP contribution < -0.4 is 0 Å². The number of rotatable bonds is 2. The number of aliphatic hydroxyl groups is 1. The monoisotopic (exact) mass is 194 g/mol. The number of ether oxygens (including phenoxy) is 1. The Kier molecular flexibility index (Phi) is 3.25. The summed E-state index contributed by atoms with van der Waals surface area (Å²) in [6.07, 6.45) is -0.514. The predicted octanol–water partition coefficient (Wildman–Crippen LogP) is 1.83. The van der Waals surface area contributed by atoms with Crippen LogP contribution in [0, 0.1) is 6.92 Å². The molecule has 76 valence electrons. The lowest BCUT2D eigenvalue weighted by Gasteiger charge is -2.08. The van der Waals surface area contributed by atoms with E-state index in [9.17, 15) is 9.90 Å². The van der Waals surface area contributed by atoms with Crippen molar-refractivity contribution in [2.24, 2.45) is 0 Å². The van der Waals surface area contributed by atoms with Crippen molar-refractivity contribution in [3.8, 4) is 0 Å². The van der Waals surface area contributed by atoms with Crippen LogP contribution in [0.25, 0.3) is 0 Å². The van der Waals surface area contributed by atoms with E-state index in [1.807, 2.05) is 6.92 Å². The molecule has 0 saturated heterocycles. The van der Waals surface area contributed by atoms with Gasteiger partial charge in [-0.3, -0.25) is 0 Å². The maximum absolute atomic E-state index is 11.2. The number of hydrogen-bond donors (Lipinski definition) is 1. The maximum atomic E-state index is 11.2. The highest BCUT2D eigenvalue weighted by Crippen LogP contribution is 2.17. The third-order valence-corrected chi connectivity index (χ3v) is 2.14. The Balaban J connectivity index is 3.07. The molecule has 14 heavy (non-hydrogen) atoms. The van der Waals surface area contributed by atoms with Gasteiger partial charge in [0.1, 0.15) is 0 Å². The van der Waals surface area contributed by atoms with Crippen LogP contribution in [0.1, 0.15) is 34.5 Å². The van der Waals surface area contributed by atoms with E-state index in [0.29, 0.717) is 5.56 Å². The SMILES string of the molecule is COC(=O)c1ccc([C@H](C)O)cc1C. The lowest BCUT2D eigenvalue weighted by Crippen LogP contribution is -2.04. The molecule has 3 nitrogen and oxygen atoms in total. The number of benzene rings is 1. The molecule has 0 bridgehead atoms. The first kappa shape index (κ1) is 10.7. The molecule has 1 rings (SSSR count). The second kappa shape index (κ2) is 4.24. The van der Waals surface area contributed by atoms with E-state index < -0.39 is 6.10 Å². The van der Waals surface area contributed by atoms with Crippen LogP contribution in [0.4, 0.5) is 0 Å². The largest absolute Gasteiger partial charge is 0.465 e. The molecule has 0 unspecified atom stereocenters. The fourth-order valence-corrected chi connectivity index (χ4v) is 1.29. The van der Waals surface area contributed by atoms with Gasteiger partial charge in [0, 0.05) is 0 Å². The van der Waals surface area contributed by atoms with Crippen LogP contribution in [0.5, 0.6) is 0 Å². The average molecular weight is 194 g/mol. The van der Waals surface area contributed by atoms with Crippen molar-refractivity contribution in [2.45, 2.75) is 20.0 Å². The minimum atomic E-state index is -0.514. The number of carbonyl (C=O) groups is 1. The van der Waals surface area contributed by atoms with Gasteiger partial charge >= 0.3 is 5.97 Å². The lowest BCUT2D eigenvalue weighted by molar-refractivity contribution is 0.0599. The van der Waals surface area contributed by atoms with Gasteiger partial charge in [0.05, 0.1) is 18.8 Å². The van der Waals surface area contributed by atoms with Gasteiger partial charge in [0.15, 0.2) is 0 Å². The molecule has 1 atom stereocenters. The number of esters is 1. The zero-order chi connectivity index (χ0) is 10.7. The summed E-state index contributed by atoms with van der Waals surface area (Å²) >= 11 is 0. The predicted molar refractivity (Wildman–Crippen MR) is 53.2 cm³/mol. The van der Waals surface area contributed by atoms with Crippen LogP contribution in [0.3, 0.4) is 0 Å². The van der Waals surface area contributed by atoms with Crippen LogP contribution in [-0.4, -0.2) is 18.2 Å². The Hall–Kier alpha value is -1.35. The third kappa shape index (κ3) is 2.12. The minimum Gasteiger partial charge on any atom is -0.465 e. The van der Waals surface area contributed by atoms with Gasteiger partial charge in [0.2, 0.25) is 0 Å². The summed E-state index contributed by atoms with van der Waals surface area (Å²) in [6.45, 7) is 3.50. The number of carbonyl (C=O) groups excluding carboxylic acids is 1. The van der Waals surface area contributed by atoms with Gasteiger partial charge in [-0.1, -0.05) is 12.1 Å². The Morgan fingerprint density at radius 3 is 2.57 bits per heavy atom. The lowest BCUT2D eigenvalue weighted by atomic mass is 10.0. The van der Waals surface area contributed by atoms with Crippen molar-refractivity contribution in [1.29, 1.82) is 0 Å². The Morgan fingerprint density at radius 1 is 1.50 bits per heavy atom. The summed E-state index contributed by atoms with van der Waals surface area (Å²) in [5.41, 5.74) is 2.15. The van der Waals surface area contributed by atoms with Crippen molar-refractivity contribution in [1.82, 2.24) is 0 Å². The number of methoxy groups -OCH3 is 1. The quantitative estimate of drug-likeness (QED) is 0.730. The maximum Gasteiger partial charge on any atom is 0.338 e. The molecule has 0 aliphatic carbocycles. The Labute approximate surface area is 83.3 Å². The molecule has 0 spiro atoms. The molecule has 0 heterocycles. The van der Waals surface area contributed by atoms with E-state index in [0.717, 1.165) is 11.1 Å². The van der Waals surface area contributed by atoms with Crippen molar-refractivity contribution in [3.05, 3.63) is 34.9 Å². The molecule has 0 amide bonds. The normalized spacial score (nSPS) is 12.3. The van der Waals surface area contributed by atoms with Crippen LogP contribution in [0.15, 0.2) is 18.2 Å². The smallest absolute Gasteiger partial charge is 0.338 e. The molecule has 1 aromatic carbocycles. The minimum absolute atomic E-state index is 0.348. The van der Waals surface area contributed by atoms with E-state index in [4.69, 9.17) is 0 Å². The zero-order valence-electron chi connectivity index (χ0n) is 8.57. The van der Waals surface area contributed by atoms with Crippen molar-refractivity contribution in [2.75, 3.05) is 7.11 Å². The molecule has 1 aromatic rings. The Bertz CT molecular complexity index is 342. The van der Waals surface area contributed by atoms with Gasteiger partial charge in [-0.05, 0) is 31.0 Å². The van der Waals surface area contributed by atoms with Gasteiger partial charge in [-0.25, -0.2) is 4.79 Å². The van der Waals surface area contributed by atoms with Crippen molar-refractivity contribution in [3.63, 3.8) is 0 Å². The molecule has 0 radical (unpaired) electrons. The van der Waals surface area contributed by atoms with Gasteiger partial charge in [-0.2, -0.15) is 0 Å². The summed E-state index contributed by atoms with van der Waals surface area (Å²) in [7, 11) is 1.35. The van der Waals surface area contributed by atoms with Gasteiger partial charge in [-0.15, -0.1) is 0 Å². The summed E-state index contributed by atoms with van der Waals surface area (Å²) < 4.78 is 4.62. The Morgan fingerprint density at radius 2 is 2.14 bits per heavy atom. The van der Waals surface area contributed by atoms with E-state index in [-0.39, 0.29) is 5.97 Å². The van der Waals surface area contributed by atoms with E-state index >= 15 is 0 Å². The first-order valence-electron chi connectivity index (χ1n) is 4.43. The summed E-state index contributed by atoms with van der Waals surface area (Å²) in [5.74, 6) is -0.348. The van der Waals surface area contributed by atoms with Crippen LogP contribution in [-0.2, 0) is 4.74 Å². The van der Waals surface area contributed by atoms with Crippen LogP contribution in [0.2, 0.25) is 0 Å². The molecular weight excluding hydrogens is 180 g/mol. The fourth-order valence-electron chi connectivity index (χ4n) is 1.29. The highest BCUT2D eigenvalue weighted by Gasteiger charge is 2.10. The molecule has 0 saturated carbocycles. The molecule has 0 aromatic heterocycles. The van der Waals surface area contributed by atoms with E-state index in [1.165, 1.54) is 7.11 Å². The van der Waals surface area contributed by atoms with Crippen LogP contribution >= 0.6 is 0 Å². The molecule has 3 heteroatoms. The molecule has 0 aliphatic rings. The average Bonchev–Trinajstić information content (AvgIpc) is 2.16. The van der Waals surface area contributed by atoms with Gasteiger partial charge < -0.3 is 9.84 Å². The third-order valence-electron chi connectivity index (χ3n) is 2.14. The standard InChI is InChI=1S/C11H14O3/c1-7-6-9(8(2)12)4-5-10(7)11(13)14-3/h4-6,8,12H,1-3H3/t8-/m0/s1. The van der Waals surface area contributed by atoms with Crippen molar-refractivity contribution < 1.29 is 14.6 Å². The second-order valence-corrected chi connectivity index (χ2v) is 3.24. The number of aryl methyl sites for hydroxylation is 1. The summed E-state index contributed by atoms with van der Waals surface area (Å²) in [5, 5.41) is 9.32. The highest BCUT2D eigenvalue weighted by atomic mass is 16.5. The van der Waals surface area contributed by atoms with Gasteiger partial charge in [0.25, 0.3) is 0 Å². The molecular formula is C11H14O3. The first-order valence-corrected chi connectivity index (χ1v) is 4.43.